The molecular formula is C19H17ClN4O. The fourth-order valence-corrected chi connectivity index (χ4v) is 2.40. The van der Waals surface area contributed by atoms with Crippen molar-refractivity contribution in [2.45, 2.75) is 13.5 Å². The van der Waals surface area contributed by atoms with Gasteiger partial charge in [0.1, 0.15) is 11.5 Å². The maximum absolute atomic E-state index is 12.2. The topological polar surface area (TPSA) is 66.9 Å². The number of carbonyl (C=O) groups is 1. The number of aryl methyl sites for hydroxylation is 1. The Labute approximate surface area is 151 Å². The van der Waals surface area contributed by atoms with Crippen molar-refractivity contribution in [3.8, 4) is 0 Å². The van der Waals surface area contributed by atoms with Crippen LogP contribution >= 0.6 is 11.6 Å². The molecule has 126 valence electrons. The van der Waals surface area contributed by atoms with Crippen LogP contribution in [0.4, 0.5) is 11.5 Å². The van der Waals surface area contributed by atoms with Gasteiger partial charge in [-0.2, -0.15) is 0 Å². The van der Waals surface area contributed by atoms with Gasteiger partial charge in [0.25, 0.3) is 5.91 Å². The van der Waals surface area contributed by atoms with Crippen molar-refractivity contribution in [3.05, 3.63) is 82.8 Å². The van der Waals surface area contributed by atoms with Crippen LogP contribution in [0.5, 0.6) is 0 Å². The molecule has 0 spiro atoms. The van der Waals surface area contributed by atoms with Gasteiger partial charge in [-0.05, 0) is 30.7 Å². The summed E-state index contributed by atoms with van der Waals surface area (Å²) in [5.74, 6) is 0.279. The third-order valence-corrected chi connectivity index (χ3v) is 3.97. The highest BCUT2D eigenvalue weighted by molar-refractivity contribution is 6.31. The molecule has 25 heavy (non-hydrogen) atoms. The van der Waals surface area contributed by atoms with E-state index in [1.54, 1.807) is 6.07 Å². The van der Waals surface area contributed by atoms with E-state index in [1.165, 1.54) is 18.0 Å². The molecule has 6 heteroatoms. The molecule has 0 saturated heterocycles. The van der Waals surface area contributed by atoms with E-state index in [-0.39, 0.29) is 11.6 Å². The van der Waals surface area contributed by atoms with Gasteiger partial charge in [0, 0.05) is 17.3 Å². The van der Waals surface area contributed by atoms with Crippen LogP contribution in [0.25, 0.3) is 0 Å². The highest BCUT2D eigenvalue weighted by Gasteiger charge is 2.09. The summed E-state index contributed by atoms with van der Waals surface area (Å²) < 4.78 is 0. The third-order valence-electron chi connectivity index (χ3n) is 3.61. The van der Waals surface area contributed by atoms with Crippen LogP contribution < -0.4 is 10.6 Å². The van der Waals surface area contributed by atoms with E-state index in [2.05, 4.69) is 20.6 Å². The summed E-state index contributed by atoms with van der Waals surface area (Å²) >= 11 is 6.07. The number of nitrogens with zero attached hydrogens (tertiary/aromatic N) is 2. The molecule has 0 aliphatic heterocycles. The van der Waals surface area contributed by atoms with Crippen molar-refractivity contribution in [1.29, 1.82) is 0 Å². The number of halogens is 1. The monoisotopic (exact) mass is 352 g/mol. The molecule has 0 saturated carbocycles. The van der Waals surface area contributed by atoms with Crippen LogP contribution in [-0.2, 0) is 6.54 Å². The zero-order valence-corrected chi connectivity index (χ0v) is 14.4. The number of aromatic nitrogens is 2. The Morgan fingerprint density at radius 3 is 2.48 bits per heavy atom. The number of amides is 1. The molecule has 0 bridgehead atoms. The lowest BCUT2D eigenvalue weighted by Crippen LogP contribution is -2.24. The third kappa shape index (κ3) is 4.55. The largest absolute Gasteiger partial charge is 0.347 e. The molecule has 0 aliphatic carbocycles. The summed E-state index contributed by atoms with van der Waals surface area (Å²) in [4.78, 5) is 20.5. The first-order valence-corrected chi connectivity index (χ1v) is 8.17. The normalized spacial score (nSPS) is 10.3. The zero-order valence-electron chi connectivity index (χ0n) is 13.7. The van der Waals surface area contributed by atoms with Crippen LogP contribution in [0.2, 0.25) is 5.02 Å². The van der Waals surface area contributed by atoms with Gasteiger partial charge in [0.2, 0.25) is 0 Å². The Balaban J connectivity index is 1.60. The maximum atomic E-state index is 12.2. The maximum Gasteiger partial charge on any atom is 0.271 e. The predicted octanol–water partition coefficient (Wildman–Crippen LogP) is 4.11. The molecule has 0 fully saturated rings. The van der Waals surface area contributed by atoms with Gasteiger partial charge in [0.15, 0.2) is 0 Å². The minimum Gasteiger partial charge on any atom is -0.347 e. The molecule has 0 aliphatic rings. The van der Waals surface area contributed by atoms with Gasteiger partial charge in [-0.15, -0.1) is 0 Å². The van der Waals surface area contributed by atoms with Crippen molar-refractivity contribution in [3.63, 3.8) is 0 Å². The first-order chi connectivity index (χ1) is 12.1. The SMILES string of the molecule is Cc1ccc(Nc2cnc(C(=O)NCc3ccccc3Cl)cn2)cc1. The highest BCUT2D eigenvalue weighted by atomic mass is 35.5. The summed E-state index contributed by atoms with van der Waals surface area (Å²) in [6, 6.07) is 15.3. The molecular weight excluding hydrogens is 336 g/mol. The predicted molar refractivity (Wildman–Crippen MR) is 99.1 cm³/mol. The zero-order chi connectivity index (χ0) is 17.6. The number of hydrogen-bond acceptors (Lipinski definition) is 4. The number of nitrogens with one attached hydrogen (secondary N) is 2. The Bertz CT molecular complexity index is 863. The molecule has 3 aromatic rings. The molecule has 1 amide bonds. The summed E-state index contributed by atoms with van der Waals surface area (Å²) in [5.41, 5.74) is 3.20. The molecule has 0 radical (unpaired) electrons. The average molecular weight is 353 g/mol. The number of rotatable bonds is 5. The van der Waals surface area contributed by atoms with E-state index in [9.17, 15) is 4.79 Å². The lowest BCUT2D eigenvalue weighted by atomic mass is 10.2. The number of hydrogen-bond donors (Lipinski definition) is 2. The van der Waals surface area contributed by atoms with Crippen LogP contribution in [0, 0.1) is 6.92 Å². The Hall–Kier alpha value is -2.92. The second-order valence-electron chi connectivity index (χ2n) is 5.55. The van der Waals surface area contributed by atoms with E-state index in [0.717, 1.165) is 11.3 Å². The van der Waals surface area contributed by atoms with E-state index in [0.29, 0.717) is 17.4 Å². The molecule has 1 aromatic heterocycles. The van der Waals surface area contributed by atoms with Gasteiger partial charge < -0.3 is 10.6 Å². The Morgan fingerprint density at radius 1 is 1.04 bits per heavy atom. The summed E-state index contributed by atoms with van der Waals surface area (Å²) in [5, 5.41) is 6.54. The van der Waals surface area contributed by atoms with Crippen LogP contribution in [0.1, 0.15) is 21.6 Å². The van der Waals surface area contributed by atoms with E-state index in [4.69, 9.17) is 11.6 Å². The lowest BCUT2D eigenvalue weighted by Gasteiger charge is -2.08. The molecule has 2 aromatic carbocycles. The molecule has 0 unspecified atom stereocenters. The van der Waals surface area contributed by atoms with E-state index >= 15 is 0 Å². The summed E-state index contributed by atoms with van der Waals surface area (Å²) in [6.45, 7) is 2.36. The minimum atomic E-state index is -0.297. The Kier molecular flexibility index (Phi) is 5.26. The number of anilines is 2. The quantitative estimate of drug-likeness (QED) is 0.725. The van der Waals surface area contributed by atoms with Gasteiger partial charge >= 0.3 is 0 Å². The van der Waals surface area contributed by atoms with Crippen molar-refractivity contribution in [1.82, 2.24) is 15.3 Å². The van der Waals surface area contributed by atoms with Crippen molar-refractivity contribution in [2.75, 3.05) is 5.32 Å². The molecule has 5 nitrogen and oxygen atoms in total. The van der Waals surface area contributed by atoms with Crippen LogP contribution in [-0.4, -0.2) is 15.9 Å². The molecule has 2 N–H and O–H groups in total. The smallest absolute Gasteiger partial charge is 0.271 e. The fraction of sp³-hybridized carbons (Fsp3) is 0.105. The van der Waals surface area contributed by atoms with Gasteiger partial charge in [0.05, 0.1) is 12.4 Å². The van der Waals surface area contributed by atoms with Gasteiger partial charge in [-0.3, -0.25) is 4.79 Å². The van der Waals surface area contributed by atoms with Crippen LogP contribution in [0.15, 0.2) is 60.9 Å². The first kappa shape index (κ1) is 16.9. The number of carbonyl (C=O) groups excluding carboxylic acids is 1. The standard InChI is InChI=1S/C19H17ClN4O/c1-13-6-8-15(9-7-13)24-18-12-21-17(11-22-18)19(25)23-10-14-4-2-3-5-16(14)20/h2-9,11-12H,10H2,1H3,(H,22,24)(H,23,25). The molecule has 0 atom stereocenters. The van der Waals surface area contributed by atoms with E-state index < -0.39 is 0 Å². The second-order valence-corrected chi connectivity index (χ2v) is 5.96. The molecule has 3 rings (SSSR count). The highest BCUT2D eigenvalue weighted by Crippen LogP contribution is 2.15. The van der Waals surface area contributed by atoms with Crippen molar-refractivity contribution >= 4 is 29.0 Å². The number of benzene rings is 2. The lowest BCUT2D eigenvalue weighted by molar-refractivity contribution is 0.0945. The van der Waals surface area contributed by atoms with Gasteiger partial charge in [-0.1, -0.05) is 47.5 Å². The Morgan fingerprint density at radius 2 is 1.80 bits per heavy atom. The summed E-state index contributed by atoms with van der Waals surface area (Å²) in [7, 11) is 0. The van der Waals surface area contributed by atoms with Crippen molar-refractivity contribution in [2.24, 2.45) is 0 Å². The van der Waals surface area contributed by atoms with Crippen molar-refractivity contribution < 1.29 is 4.79 Å². The second kappa shape index (κ2) is 7.77. The summed E-state index contributed by atoms with van der Waals surface area (Å²) in [6.07, 6.45) is 2.97. The first-order valence-electron chi connectivity index (χ1n) is 7.79. The van der Waals surface area contributed by atoms with Crippen LogP contribution in [0.3, 0.4) is 0 Å². The van der Waals surface area contributed by atoms with Gasteiger partial charge in [-0.25, -0.2) is 9.97 Å². The van der Waals surface area contributed by atoms with E-state index in [1.807, 2.05) is 49.4 Å². The molecule has 1 heterocycles. The minimum absolute atomic E-state index is 0.251. The fourth-order valence-electron chi connectivity index (χ4n) is 2.20. The average Bonchev–Trinajstić information content (AvgIpc) is 2.63.